The van der Waals surface area contributed by atoms with E-state index < -0.39 is 17.3 Å². The first-order chi connectivity index (χ1) is 9.00. The zero-order valence-electron chi connectivity index (χ0n) is 10.3. The van der Waals surface area contributed by atoms with Crippen LogP contribution in [-0.4, -0.2) is 18.7 Å². The van der Waals surface area contributed by atoms with Crippen LogP contribution < -0.4 is 10.1 Å². The van der Waals surface area contributed by atoms with E-state index in [1.807, 2.05) is 0 Å². The molecular weight excluding hydrogens is 255 g/mol. The summed E-state index contributed by atoms with van der Waals surface area (Å²) in [5.74, 6) is 0.333. The lowest BCUT2D eigenvalue weighted by Gasteiger charge is -2.38. The smallest absolute Gasteiger partial charge is 0.417 e. The number of nitrogens with one attached hydrogen (secondary N) is 1. The minimum atomic E-state index is -4.35. The molecule has 2 nitrogen and oxygen atoms in total. The molecule has 1 aromatic carbocycles. The van der Waals surface area contributed by atoms with Gasteiger partial charge in [-0.15, -0.1) is 0 Å². The summed E-state index contributed by atoms with van der Waals surface area (Å²) in [6.45, 7) is 1.64. The summed E-state index contributed by atoms with van der Waals surface area (Å²) in [5, 5.41) is 3.22. The van der Waals surface area contributed by atoms with Crippen molar-refractivity contribution < 1.29 is 17.9 Å². The van der Waals surface area contributed by atoms with Crippen molar-refractivity contribution in [2.75, 3.05) is 13.1 Å². The Morgan fingerprint density at radius 3 is 2.58 bits per heavy atom. The lowest BCUT2D eigenvalue weighted by atomic mass is 9.88. The number of hydrogen-bond acceptors (Lipinski definition) is 2. The molecule has 5 heteroatoms. The molecule has 0 saturated carbocycles. The molecule has 1 saturated heterocycles. The first-order valence-electron chi connectivity index (χ1n) is 6.29. The molecule has 2 aliphatic heterocycles. The second-order valence-electron chi connectivity index (χ2n) is 4.97. The number of benzene rings is 1. The first-order valence-corrected chi connectivity index (χ1v) is 6.29. The Kier molecular flexibility index (Phi) is 2.82. The van der Waals surface area contributed by atoms with Crippen LogP contribution in [0.15, 0.2) is 24.3 Å². The predicted molar refractivity (Wildman–Crippen MR) is 65.9 cm³/mol. The van der Waals surface area contributed by atoms with Crippen molar-refractivity contribution in [2.24, 2.45) is 0 Å². The number of piperidine rings is 1. The largest absolute Gasteiger partial charge is 0.482 e. The Hall–Kier alpha value is -1.49. The van der Waals surface area contributed by atoms with Gasteiger partial charge in [-0.3, -0.25) is 0 Å². The fourth-order valence-electron chi connectivity index (χ4n) is 2.66. The van der Waals surface area contributed by atoms with Gasteiger partial charge in [0, 0.05) is 18.4 Å². The summed E-state index contributed by atoms with van der Waals surface area (Å²) in [7, 11) is 0. The van der Waals surface area contributed by atoms with Crippen molar-refractivity contribution in [3.8, 4) is 5.75 Å². The molecule has 1 aromatic rings. The summed E-state index contributed by atoms with van der Waals surface area (Å²) in [6.07, 6.45) is 0.550. The molecule has 0 radical (unpaired) electrons. The highest BCUT2D eigenvalue weighted by atomic mass is 19.4. The Labute approximate surface area is 109 Å². The Bertz CT molecular complexity index is 516. The van der Waals surface area contributed by atoms with E-state index in [2.05, 4.69) is 5.32 Å². The molecule has 2 heterocycles. The van der Waals surface area contributed by atoms with Gasteiger partial charge in [-0.2, -0.15) is 13.2 Å². The molecule has 1 N–H and O–H groups in total. The molecule has 0 atom stereocenters. The van der Waals surface area contributed by atoms with Crippen molar-refractivity contribution in [3.05, 3.63) is 35.4 Å². The molecule has 0 aromatic heterocycles. The topological polar surface area (TPSA) is 21.3 Å². The molecule has 1 spiro atoms. The molecule has 0 unspecified atom stereocenters. The minimum Gasteiger partial charge on any atom is -0.482 e. The van der Waals surface area contributed by atoms with Gasteiger partial charge in [0.25, 0.3) is 0 Å². The van der Waals surface area contributed by atoms with E-state index in [4.69, 9.17) is 4.74 Å². The zero-order chi connectivity index (χ0) is 13.5. The number of rotatable bonds is 0. The molecule has 3 rings (SSSR count). The summed E-state index contributed by atoms with van der Waals surface area (Å²) in [5.41, 5.74) is -0.938. The summed E-state index contributed by atoms with van der Waals surface area (Å²) >= 11 is 0. The normalized spacial score (nSPS) is 21.0. The summed E-state index contributed by atoms with van der Waals surface area (Å²) < 4.78 is 44.6. The lowest BCUT2D eigenvalue weighted by Crippen LogP contribution is -2.45. The molecule has 1 fully saturated rings. The maximum Gasteiger partial charge on any atom is 0.417 e. The quantitative estimate of drug-likeness (QED) is 0.780. The Morgan fingerprint density at radius 1 is 1.16 bits per heavy atom. The van der Waals surface area contributed by atoms with Crippen LogP contribution in [0.4, 0.5) is 13.2 Å². The zero-order valence-corrected chi connectivity index (χ0v) is 10.3. The average molecular weight is 269 g/mol. The fraction of sp³-hybridized carbons (Fsp3) is 0.429. The van der Waals surface area contributed by atoms with Gasteiger partial charge in [0.1, 0.15) is 11.4 Å². The van der Waals surface area contributed by atoms with Crippen molar-refractivity contribution in [1.82, 2.24) is 5.32 Å². The number of alkyl halides is 3. The number of fused-ring (bicyclic) bond motifs is 1. The predicted octanol–water partition coefficient (Wildman–Crippen LogP) is 3.23. The van der Waals surface area contributed by atoms with E-state index in [1.165, 1.54) is 6.07 Å². The monoisotopic (exact) mass is 269 g/mol. The molecule has 102 valence electrons. The average Bonchev–Trinajstić information content (AvgIpc) is 2.37. The van der Waals surface area contributed by atoms with Crippen molar-refractivity contribution in [3.63, 3.8) is 0 Å². The van der Waals surface area contributed by atoms with Gasteiger partial charge in [0.2, 0.25) is 0 Å². The van der Waals surface area contributed by atoms with Crippen molar-refractivity contribution >= 4 is 6.08 Å². The first kappa shape index (κ1) is 12.5. The third kappa shape index (κ3) is 2.23. The maximum atomic E-state index is 12.9. The van der Waals surface area contributed by atoms with Crippen LogP contribution in [0.5, 0.6) is 5.75 Å². The Morgan fingerprint density at radius 2 is 1.89 bits per heavy atom. The van der Waals surface area contributed by atoms with Gasteiger partial charge in [-0.1, -0.05) is 12.1 Å². The van der Waals surface area contributed by atoms with Gasteiger partial charge < -0.3 is 10.1 Å². The van der Waals surface area contributed by atoms with Crippen LogP contribution in [0.3, 0.4) is 0 Å². The molecule has 0 aliphatic carbocycles. The highest BCUT2D eigenvalue weighted by molar-refractivity contribution is 5.65. The third-order valence-corrected chi connectivity index (χ3v) is 3.69. The van der Waals surface area contributed by atoms with E-state index in [0.29, 0.717) is 5.75 Å². The number of ether oxygens (including phenoxy) is 1. The van der Waals surface area contributed by atoms with Crippen LogP contribution in [0, 0.1) is 0 Å². The standard InChI is InChI=1S/C14H14F3NO/c15-14(16,17)11-2-1-3-12-10(11)4-5-13(19-12)6-8-18-9-7-13/h1-5,18H,6-9H2. The highest BCUT2D eigenvalue weighted by Gasteiger charge is 2.39. The number of halogens is 3. The van der Waals surface area contributed by atoms with Gasteiger partial charge in [-0.05, 0) is 31.3 Å². The molecular formula is C14H14F3NO. The Balaban J connectivity index is 2.00. The molecule has 2 aliphatic rings. The van der Waals surface area contributed by atoms with E-state index in [1.54, 1.807) is 18.2 Å². The maximum absolute atomic E-state index is 12.9. The van der Waals surface area contributed by atoms with E-state index in [9.17, 15) is 13.2 Å². The summed E-state index contributed by atoms with van der Waals surface area (Å²) in [6, 6.07) is 4.10. The molecule has 19 heavy (non-hydrogen) atoms. The van der Waals surface area contributed by atoms with E-state index in [-0.39, 0.29) is 5.56 Å². The van der Waals surface area contributed by atoms with Crippen LogP contribution in [-0.2, 0) is 6.18 Å². The van der Waals surface area contributed by atoms with E-state index >= 15 is 0 Å². The van der Waals surface area contributed by atoms with E-state index in [0.717, 1.165) is 32.0 Å². The number of hydrogen-bond donors (Lipinski definition) is 1. The van der Waals surface area contributed by atoms with Gasteiger partial charge in [0.15, 0.2) is 0 Å². The second kappa shape index (κ2) is 4.27. The minimum absolute atomic E-state index is 0.138. The fourth-order valence-corrected chi connectivity index (χ4v) is 2.66. The van der Waals surface area contributed by atoms with Gasteiger partial charge >= 0.3 is 6.18 Å². The van der Waals surface area contributed by atoms with Crippen LogP contribution >= 0.6 is 0 Å². The lowest BCUT2D eigenvalue weighted by molar-refractivity contribution is -0.138. The highest BCUT2D eigenvalue weighted by Crippen LogP contribution is 2.42. The third-order valence-electron chi connectivity index (χ3n) is 3.69. The van der Waals surface area contributed by atoms with Crippen molar-refractivity contribution in [2.45, 2.75) is 24.6 Å². The molecule has 0 bridgehead atoms. The van der Waals surface area contributed by atoms with Crippen LogP contribution in [0.2, 0.25) is 0 Å². The van der Waals surface area contributed by atoms with Crippen LogP contribution in [0.25, 0.3) is 6.08 Å². The van der Waals surface area contributed by atoms with Crippen molar-refractivity contribution in [1.29, 1.82) is 0 Å². The SMILES string of the molecule is FC(F)(F)c1cccc2c1C=CC1(CCNCC1)O2. The second-order valence-corrected chi connectivity index (χ2v) is 4.97. The van der Waals surface area contributed by atoms with Gasteiger partial charge in [-0.25, -0.2) is 0 Å². The van der Waals surface area contributed by atoms with Gasteiger partial charge in [0.05, 0.1) is 5.56 Å². The van der Waals surface area contributed by atoms with Crippen LogP contribution in [0.1, 0.15) is 24.0 Å². The summed E-state index contributed by atoms with van der Waals surface area (Å²) in [4.78, 5) is 0. The molecule has 0 amide bonds.